The number of benzene rings is 2. The standard InChI is InChI=1S/C24H23FN6O/c1-14-21(15-6-7-20-18(10-15)13-31(3)29-20)23(16-4-5-17(12-27)19(25)11-16)28-22(14)24(32)30(2)9-8-26/h4-7,10-11,13,21H,8-9,26H2,1-3H3. The van der Waals surface area contributed by atoms with Gasteiger partial charge in [0.15, 0.2) is 0 Å². The number of amides is 1. The van der Waals surface area contributed by atoms with Gasteiger partial charge in [0.1, 0.15) is 17.6 Å². The molecule has 1 aliphatic heterocycles. The predicted molar refractivity (Wildman–Crippen MR) is 120 cm³/mol. The van der Waals surface area contributed by atoms with E-state index in [-0.39, 0.29) is 17.4 Å². The summed E-state index contributed by atoms with van der Waals surface area (Å²) in [6.07, 6.45) is 1.92. The van der Waals surface area contributed by atoms with Crippen molar-refractivity contribution in [1.29, 1.82) is 5.26 Å². The zero-order valence-electron chi connectivity index (χ0n) is 18.1. The van der Waals surface area contributed by atoms with Crippen LogP contribution in [-0.4, -0.2) is 46.4 Å². The summed E-state index contributed by atoms with van der Waals surface area (Å²) in [5.74, 6) is -1.19. The van der Waals surface area contributed by atoms with E-state index < -0.39 is 5.82 Å². The number of aliphatic imine (C=N–C) groups is 1. The highest BCUT2D eigenvalue weighted by atomic mass is 19.1. The van der Waals surface area contributed by atoms with Gasteiger partial charge in [0.2, 0.25) is 0 Å². The predicted octanol–water partition coefficient (Wildman–Crippen LogP) is 2.86. The fourth-order valence-corrected chi connectivity index (χ4v) is 4.06. The van der Waals surface area contributed by atoms with Gasteiger partial charge in [0.25, 0.3) is 5.91 Å². The summed E-state index contributed by atoms with van der Waals surface area (Å²) in [5.41, 5.74) is 9.57. The third kappa shape index (κ3) is 3.67. The Morgan fingerprint density at radius 3 is 2.78 bits per heavy atom. The monoisotopic (exact) mass is 430 g/mol. The Bertz CT molecular complexity index is 1330. The Morgan fingerprint density at radius 2 is 2.09 bits per heavy atom. The van der Waals surface area contributed by atoms with Crippen molar-refractivity contribution in [3.05, 3.63) is 76.4 Å². The molecule has 2 heterocycles. The van der Waals surface area contributed by atoms with Crippen LogP contribution in [0, 0.1) is 17.1 Å². The average molecular weight is 430 g/mol. The number of likely N-dealkylation sites (N-methyl/N-ethyl adjacent to an activating group) is 1. The van der Waals surface area contributed by atoms with Crippen LogP contribution in [-0.2, 0) is 11.8 Å². The SMILES string of the molecule is CC1=C(C(=O)N(C)CCN)N=C(c2ccc(C#N)c(F)c2)C1c1ccc2nn(C)cc2c1. The summed E-state index contributed by atoms with van der Waals surface area (Å²) < 4.78 is 16.2. The summed E-state index contributed by atoms with van der Waals surface area (Å²) in [6, 6.07) is 12.1. The lowest BCUT2D eigenvalue weighted by Crippen LogP contribution is -2.32. The molecule has 3 aromatic rings. The molecule has 0 spiro atoms. The normalized spacial score (nSPS) is 15.8. The molecule has 1 unspecified atom stereocenters. The number of rotatable bonds is 5. The highest BCUT2D eigenvalue weighted by Gasteiger charge is 2.34. The van der Waals surface area contributed by atoms with Gasteiger partial charge in [-0.2, -0.15) is 10.4 Å². The van der Waals surface area contributed by atoms with Gasteiger partial charge in [0.05, 0.1) is 22.7 Å². The maximum Gasteiger partial charge on any atom is 0.272 e. The molecule has 8 heteroatoms. The van der Waals surface area contributed by atoms with Gasteiger partial charge in [-0.15, -0.1) is 0 Å². The summed E-state index contributed by atoms with van der Waals surface area (Å²) in [4.78, 5) is 19.3. The Kier molecular flexibility index (Phi) is 5.59. The van der Waals surface area contributed by atoms with E-state index in [1.54, 1.807) is 17.8 Å². The van der Waals surface area contributed by atoms with E-state index in [1.807, 2.05) is 44.4 Å². The van der Waals surface area contributed by atoms with Crippen molar-refractivity contribution >= 4 is 22.5 Å². The van der Waals surface area contributed by atoms with Crippen LogP contribution in [0.3, 0.4) is 0 Å². The van der Waals surface area contributed by atoms with Gasteiger partial charge in [-0.05, 0) is 47.9 Å². The number of aromatic nitrogens is 2. The summed E-state index contributed by atoms with van der Waals surface area (Å²) in [5, 5.41) is 14.5. The minimum absolute atomic E-state index is 0.0377. The summed E-state index contributed by atoms with van der Waals surface area (Å²) in [6.45, 7) is 2.61. The lowest BCUT2D eigenvalue weighted by molar-refractivity contribution is -0.125. The van der Waals surface area contributed by atoms with E-state index in [2.05, 4.69) is 10.1 Å². The maximum absolute atomic E-state index is 14.4. The van der Waals surface area contributed by atoms with Gasteiger partial charge in [-0.1, -0.05) is 12.1 Å². The molecule has 0 saturated carbocycles. The smallest absolute Gasteiger partial charge is 0.272 e. The van der Waals surface area contributed by atoms with Gasteiger partial charge >= 0.3 is 0 Å². The minimum Gasteiger partial charge on any atom is -0.339 e. The molecule has 1 atom stereocenters. The van der Waals surface area contributed by atoms with E-state index >= 15 is 0 Å². The molecule has 2 aromatic carbocycles. The Hall–Kier alpha value is -3.83. The first kappa shape index (κ1) is 21.4. The number of hydrogen-bond donors (Lipinski definition) is 1. The van der Waals surface area contributed by atoms with Crippen LogP contribution >= 0.6 is 0 Å². The number of nitriles is 1. The number of nitrogens with zero attached hydrogens (tertiary/aromatic N) is 5. The third-order valence-corrected chi connectivity index (χ3v) is 5.69. The molecule has 1 amide bonds. The van der Waals surface area contributed by atoms with Gasteiger partial charge in [0, 0.05) is 38.8 Å². The number of allylic oxidation sites excluding steroid dienone is 1. The quantitative estimate of drug-likeness (QED) is 0.673. The van der Waals surface area contributed by atoms with Gasteiger partial charge in [-0.3, -0.25) is 9.48 Å². The van der Waals surface area contributed by atoms with Crippen molar-refractivity contribution < 1.29 is 9.18 Å². The molecular weight excluding hydrogens is 407 g/mol. The zero-order valence-corrected chi connectivity index (χ0v) is 18.1. The van der Waals surface area contributed by atoms with Crippen LogP contribution in [0.15, 0.2) is 58.9 Å². The van der Waals surface area contributed by atoms with Crippen LogP contribution in [0.4, 0.5) is 4.39 Å². The number of nitrogens with two attached hydrogens (primary N) is 1. The van der Waals surface area contributed by atoms with Crippen molar-refractivity contribution in [3.8, 4) is 6.07 Å². The highest BCUT2D eigenvalue weighted by molar-refractivity contribution is 6.13. The number of fused-ring (bicyclic) bond motifs is 1. The van der Waals surface area contributed by atoms with Crippen LogP contribution in [0.5, 0.6) is 0 Å². The first-order valence-electron chi connectivity index (χ1n) is 10.2. The number of carbonyl (C=O) groups excluding carboxylic acids is 1. The third-order valence-electron chi connectivity index (χ3n) is 5.69. The van der Waals surface area contributed by atoms with E-state index in [0.29, 0.717) is 30.1 Å². The summed E-state index contributed by atoms with van der Waals surface area (Å²) in [7, 11) is 3.54. The fourth-order valence-electron chi connectivity index (χ4n) is 4.06. The van der Waals surface area contributed by atoms with E-state index in [4.69, 9.17) is 11.0 Å². The Labute approximate surface area is 185 Å². The van der Waals surface area contributed by atoms with Gasteiger partial charge < -0.3 is 10.6 Å². The van der Waals surface area contributed by atoms with Crippen LogP contribution in [0.1, 0.15) is 29.5 Å². The first-order chi connectivity index (χ1) is 15.3. The number of hydrogen-bond acceptors (Lipinski definition) is 5. The second-order valence-electron chi connectivity index (χ2n) is 7.90. The first-order valence-corrected chi connectivity index (χ1v) is 10.2. The van der Waals surface area contributed by atoms with E-state index in [0.717, 1.165) is 22.0 Å². The van der Waals surface area contributed by atoms with Crippen LogP contribution < -0.4 is 5.73 Å². The number of halogens is 1. The molecule has 2 N–H and O–H groups in total. The topological polar surface area (TPSA) is 100 Å². The van der Waals surface area contributed by atoms with E-state index in [1.165, 1.54) is 17.0 Å². The van der Waals surface area contributed by atoms with Crippen LogP contribution in [0.25, 0.3) is 10.9 Å². The Balaban J connectivity index is 1.86. The van der Waals surface area contributed by atoms with Crippen molar-refractivity contribution in [2.24, 2.45) is 17.8 Å². The average Bonchev–Trinajstić information content (AvgIpc) is 3.31. The van der Waals surface area contributed by atoms with Gasteiger partial charge in [-0.25, -0.2) is 9.38 Å². The largest absolute Gasteiger partial charge is 0.339 e. The molecule has 32 heavy (non-hydrogen) atoms. The number of aryl methyl sites for hydroxylation is 1. The molecular formula is C24H23FN6O. The van der Waals surface area contributed by atoms with Crippen molar-refractivity contribution in [1.82, 2.24) is 14.7 Å². The lowest BCUT2D eigenvalue weighted by atomic mass is 9.85. The molecule has 0 bridgehead atoms. The zero-order chi connectivity index (χ0) is 23.0. The highest BCUT2D eigenvalue weighted by Crippen LogP contribution is 2.38. The molecule has 1 aromatic heterocycles. The minimum atomic E-state index is -0.619. The molecule has 0 saturated heterocycles. The number of carbonyl (C=O) groups is 1. The molecule has 0 fully saturated rings. The molecule has 4 rings (SSSR count). The molecule has 162 valence electrons. The maximum atomic E-state index is 14.4. The second kappa shape index (κ2) is 8.36. The van der Waals surface area contributed by atoms with Crippen molar-refractivity contribution in [3.63, 3.8) is 0 Å². The lowest BCUT2D eigenvalue weighted by Gasteiger charge is -2.18. The second-order valence-corrected chi connectivity index (χ2v) is 7.90. The van der Waals surface area contributed by atoms with E-state index in [9.17, 15) is 9.18 Å². The van der Waals surface area contributed by atoms with Crippen molar-refractivity contribution in [2.75, 3.05) is 20.1 Å². The molecule has 7 nitrogen and oxygen atoms in total. The molecule has 1 aliphatic rings. The Morgan fingerprint density at radius 1 is 1.31 bits per heavy atom. The van der Waals surface area contributed by atoms with Crippen molar-refractivity contribution in [2.45, 2.75) is 12.8 Å². The molecule has 0 aliphatic carbocycles. The van der Waals surface area contributed by atoms with Crippen LogP contribution in [0.2, 0.25) is 0 Å². The molecule has 0 radical (unpaired) electrons. The summed E-state index contributed by atoms with van der Waals surface area (Å²) >= 11 is 0. The fraction of sp³-hybridized carbons (Fsp3) is 0.250.